The molecule has 1 aliphatic heterocycles. The highest BCUT2D eigenvalue weighted by Crippen LogP contribution is 2.23. The van der Waals surface area contributed by atoms with Crippen LogP contribution in [0.15, 0.2) is 30.5 Å². The van der Waals surface area contributed by atoms with E-state index in [9.17, 15) is 4.39 Å². The van der Waals surface area contributed by atoms with Gasteiger partial charge in [0, 0.05) is 46.4 Å². The van der Waals surface area contributed by atoms with E-state index >= 15 is 0 Å². The lowest BCUT2D eigenvalue weighted by Crippen LogP contribution is -2.35. The van der Waals surface area contributed by atoms with Crippen LogP contribution < -0.4 is 5.32 Å². The summed E-state index contributed by atoms with van der Waals surface area (Å²) in [4.78, 5) is 0. The summed E-state index contributed by atoms with van der Waals surface area (Å²) in [6.07, 6.45) is 1.90. The number of hydrogen-bond donors (Lipinski definition) is 1. The van der Waals surface area contributed by atoms with E-state index in [0.717, 1.165) is 22.9 Å². The molecule has 1 atom stereocenters. The maximum absolute atomic E-state index is 13.4. The summed E-state index contributed by atoms with van der Waals surface area (Å²) in [5, 5.41) is 8.18. The number of nitrogens with zero attached hydrogens (tertiary/aromatic N) is 2. The predicted molar refractivity (Wildman–Crippen MR) is 98.2 cm³/mol. The van der Waals surface area contributed by atoms with Gasteiger partial charge in [-0.25, -0.2) is 9.07 Å². The fourth-order valence-corrected chi connectivity index (χ4v) is 5.29. The Bertz CT molecular complexity index is 651. The molecule has 3 rings (SSSR count). The van der Waals surface area contributed by atoms with E-state index in [2.05, 4.69) is 17.3 Å². The van der Waals surface area contributed by atoms with Crippen LogP contribution in [-0.2, 0) is 0 Å². The van der Waals surface area contributed by atoms with Crippen LogP contribution in [0.1, 0.15) is 24.2 Å². The number of halogens is 1. The molecule has 0 bridgehead atoms. The van der Waals surface area contributed by atoms with Crippen LogP contribution >= 0.6 is 23.5 Å². The van der Waals surface area contributed by atoms with Crippen LogP contribution in [-0.4, -0.2) is 38.8 Å². The van der Waals surface area contributed by atoms with E-state index in [1.807, 2.05) is 47.4 Å². The Labute approximate surface area is 145 Å². The van der Waals surface area contributed by atoms with Crippen molar-refractivity contribution in [2.24, 2.45) is 0 Å². The largest absolute Gasteiger partial charge is 0.306 e. The Morgan fingerprint density at radius 2 is 2.04 bits per heavy atom. The first kappa shape index (κ1) is 16.9. The van der Waals surface area contributed by atoms with Crippen molar-refractivity contribution in [1.82, 2.24) is 15.1 Å². The first-order valence-corrected chi connectivity index (χ1v) is 10.2. The van der Waals surface area contributed by atoms with E-state index in [0.29, 0.717) is 6.04 Å². The molecule has 1 saturated heterocycles. The van der Waals surface area contributed by atoms with Gasteiger partial charge in [0.25, 0.3) is 0 Å². The van der Waals surface area contributed by atoms with Crippen LogP contribution in [0.3, 0.4) is 0 Å². The molecule has 6 heteroatoms. The topological polar surface area (TPSA) is 29.9 Å². The molecule has 23 heavy (non-hydrogen) atoms. The smallest absolute Gasteiger partial charge is 0.125 e. The highest BCUT2D eigenvalue weighted by Gasteiger charge is 2.19. The van der Waals surface area contributed by atoms with Gasteiger partial charge in [0.05, 0.1) is 11.9 Å². The van der Waals surface area contributed by atoms with Gasteiger partial charge in [0.1, 0.15) is 5.82 Å². The summed E-state index contributed by atoms with van der Waals surface area (Å²) < 4.78 is 15.3. The first-order chi connectivity index (χ1) is 11.1. The molecule has 3 nitrogen and oxygen atoms in total. The monoisotopic (exact) mass is 351 g/mol. The van der Waals surface area contributed by atoms with Gasteiger partial charge in [-0.2, -0.15) is 28.6 Å². The Kier molecular flexibility index (Phi) is 5.67. The lowest BCUT2D eigenvalue weighted by atomic mass is 10.1. The highest BCUT2D eigenvalue weighted by molar-refractivity contribution is 8.03. The normalized spacial score (nSPS) is 17.9. The van der Waals surface area contributed by atoms with Gasteiger partial charge in [-0.15, -0.1) is 0 Å². The van der Waals surface area contributed by atoms with Crippen LogP contribution in [0.2, 0.25) is 0 Å². The molecular weight excluding hydrogens is 329 g/mol. The predicted octanol–water partition coefficient (Wildman–Crippen LogP) is 3.82. The third-order valence-electron chi connectivity index (χ3n) is 4.06. The van der Waals surface area contributed by atoms with E-state index in [-0.39, 0.29) is 11.9 Å². The molecule has 0 saturated carbocycles. The number of rotatable bonds is 4. The third kappa shape index (κ3) is 4.11. The Balaban J connectivity index is 1.75. The van der Waals surface area contributed by atoms with Gasteiger partial charge in [-0.3, -0.25) is 0 Å². The number of nitrogens with one attached hydrogen (secondary N) is 1. The molecule has 0 unspecified atom stereocenters. The van der Waals surface area contributed by atoms with E-state index in [4.69, 9.17) is 0 Å². The van der Waals surface area contributed by atoms with Gasteiger partial charge in [0.15, 0.2) is 0 Å². The molecule has 1 aromatic carbocycles. The average Bonchev–Trinajstić information content (AvgIpc) is 2.74. The zero-order valence-electron chi connectivity index (χ0n) is 13.5. The molecule has 1 aromatic heterocycles. The lowest BCUT2D eigenvalue weighted by Gasteiger charge is -2.21. The maximum Gasteiger partial charge on any atom is 0.125 e. The lowest BCUT2D eigenvalue weighted by molar-refractivity contribution is 0.515. The molecule has 0 spiro atoms. The summed E-state index contributed by atoms with van der Waals surface area (Å²) in [6.45, 7) is 4.22. The van der Waals surface area contributed by atoms with Crippen molar-refractivity contribution in [2.45, 2.75) is 25.9 Å². The van der Waals surface area contributed by atoms with E-state index in [1.54, 1.807) is 6.07 Å². The molecular formula is C17H22FN3S2. The molecule has 0 amide bonds. The van der Waals surface area contributed by atoms with Crippen molar-refractivity contribution < 1.29 is 4.39 Å². The minimum atomic E-state index is -0.238. The zero-order valence-corrected chi connectivity index (χ0v) is 15.1. The van der Waals surface area contributed by atoms with E-state index < -0.39 is 0 Å². The molecule has 124 valence electrons. The number of benzene rings is 1. The molecule has 0 aliphatic carbocycles. The van der Waals surface area contributed by atoms with Gasteiger partial charge in [-0.1, -0.05) is 6.07 Å². The van der Waals surface area contributed by atoms with Crippen molar-refractivity contribution in [3.63, 3.8) is 0 Å². The highest BCUT2D eigenvalue weighted by atomic mass is 32.2. The maximum atomic E-state index is 13.4. The first-order valence-electron chi connectivity index (χ1n) is 7.87. The van der Waals surface area contributed by atoms with Gasteiger partial charge in [-0.05, 0) is 32.0 Å². The van der Waals surface area contributed by atoms with Gasteiger partial charge in [0.2, 0.25) is 0 Å². The third-order valence-corrected chi connectivity index (χ3v) is 6.58. The second kappa shape index (κ2) is 7.73. The van der Waals surface area contributed by atoms with Crippen molar-refractivity contribution in [3.05, 3.63) is 47.5 Å². The van der Waals surface area contributed by atoms with E-state index in [1.165, 1.54) is 29.2 Å². The molecule has 2 aromatic rings. The second-order valence-electron chi connectivity index (χ2n) is 5.81. The van der Waals surface area contributed by atoms with Crippen LogP contribution in [0, 0.1) is 12.7 Å². The summed E-state index contributed by atoms with van der Waals surface area (Å²) in [7, 11) is 0. The summed E-state index contributed by atoms with van der Waals surface area (Å²) in [6, 6.07) is 7.33. The number of hydrogen-bond acceptors (Lipinski definition) is 4. The SMILES string of the molecule is Cc1c([C@@H](C)NC2CSCCSC2)cnn1-c1cccc(F)c1. The molecule has 1 aliphatic rings. The van der Waals surface area contributed by atoms with Crippen molar-refractivity contribution in [3.8, 4) is 5.69 Å². The fraction of sp³-hybridized carbons (Fsp3) is 0.471. The van der Waals surface area contributed by atoms with Crippen LogP contribution in [0.4, 0.5) is 4.39 Å². The zero-order chi connectivity index (χ0) is 16.2. The summed E-state index contributed by atoms with van der Waals surface area (Å²) >= 11 is 4.05. The quantitative estimate of drug-likeness (QED) is 0.907. The molecule has 2 heterocycles. The summed E-state index contributed by atoms with van der Waals surface area (Å²) in [5.41, 5.74) is 3.00. The molecule has 1 N–H and O–H groups in total. The van der Waals surface area contributed by atoms with Crippen LogP contribution in [0.25, 0.3) is 5.69 Å². The van der Waals surface area contributed by atoms with Crippen LogP contribution in [0.5, 0.6) is 0 Å². The van der Waals surface area contributed by atoms with Gasteiger partial charge >= 0.3 is 0 Å². The van der Waals surface area contributed by atoms with Crippen molar-refractivity contribution in [2.75, 3.05) is 23.0 Å². The number of thioether (sulfide) groups is 2. The Morgan fingerprint density at radius 1 is 1.30 bits per heavy atom. The molecule has 0 radical (unpaired) electrons. The fourth-order valence-electron chi connectivity index (χ4n) is 2.87. The Morgan fingerprint density at radius 3 is 2.74 bits per heavy atom. The number of aromatic nitrogens is 2. The average molecular weight is 352 g/mol. The van der Waals surface area contributed by atoms with Gasteiger partial charge < -0.3 is 5.32 Å². The molecule has 1 fully saturated rings. The summed E-state index contributed by atoms with van der Waals surface area (Å²) in [5.74, 6) is 4.57. The van der Waals surface area contributed by atoms with Crippen molar-refractivity contribution >= 4 is 23.5 Å². The minimum absolute atomic E-state index is 0.238. The van der Waals surface area contributed by atoms with Crippen molar-refractivity contribution in [1.29, 1.82) is 0 Å². The standard InChI is InChI=1S/C17H22FN3S2/c1-12(20-15-10-22-6-7-23-11-15)17-9-19-21(13(17)2)16-5-3-4-14(18)8-16/h3-5,8-9,12,15,20H,6-7,10-11H2,1-2H3/t12-/m1/s1. The minimum Gasteiger partial charge on any atom is -0.306 e. The Hall–Kier alpha value is -0.980. The second-order valence-corrected chi connectivity index (χ2v) is 8.11.